The van der Waals surface area contributed by atoms with Crippen LogP contribution < -0.4 is 0 Å². The van der Waals surface area contributed by atoms with Crippen molar-refractivity contribution >= 4 is 0 Å². The molecule has 0 aromatic heterocycles. The number of fused-ring (bicyclic) bond motifs is 5. The Labute approximate surface area is 116 Å². The molecule has 0 aromatic rings. The van der Waals surface area contributed by atoms with Crippen LogP contribution in [-0.4, -0.2) is 6.17 Å². The van der Waals surface area contributed by atoms with Crippen LogP contribution in [0.5, 0.6) is 0 Å². The molecule has 0 nitrogen and oxygen atoms in total. The zero-order valence-electron chi connectivity index (χ0n) is 12.2. The lowest BCUT2D eigenvalue weighted by Crippen LogP contribution is -2.46. The summed E-state index contributed by atoms with van der Waals surface area (Å²) in [6.45, 7) is 2.26. The summed E-state index contributed by atoms with van der Waals surface area (Å²) in [5.41, 5.74) is 1.82. The van der Waals surface area contributed by atoms with E-state index in [1.807, 2.05) is 0 Å². The fourth-order valence-corrected chi connectivity index (χ4v) is 6.24. The van der Waals surface area contributed by atoms with Crippen molar-refractivity contribution in [3.05, 3.63) is 11.6 Å². The van der Waals surface area contributed by atoms with Crippen LogP contribution >= 0.6 is 0 Å². The minimum atomic E-state index is -0.512. The molecule has 106 valence electrons. The Bertz CT molecular complexity index is 398. The smallest absolute Gasteiger partial charge is 0.106 e. The number of halogens is 1. The van der Waals surface area contributed by atoms with Gasteiger partial charge in [0.2, 0.25) is 0 Å². The fraction of sp³-hybridized carbons (Fsp3) is 0.889. The molecule has 4 aliphatic rings. The van der Waals surface area contributed by atoms with Gasteiger partial charge in [0.25, 0.3) is 0 Å². The summed E-state index contributed by atoms with van der Waals surface area (Å²) in [6, 6.07) is 0. The molecule has 0 heterocycles. The average molecular weight is 262 g/mol. The number of rotatable bonds is 0. The molecule has 1 unspecified atom stereocenters. The number of alkyl halides is 1. The molecule has 1 heteroatoms. The van der Waals surface area contributed by atoms with Gasteiger partial charge in [0.15, 0.2) is 0 Å². The first-order valence-corrected chi connectivity index (χ1v) is 8.53. The zero-order chi connectivity index (χ0) is 13.0. The maximum Gasteiger partial charge on any atom is 0.106 e. The van der Waals surface area contributed by atoms with Gasteiger partial charge >= 0.3 is 0 Å². The van der Waals surface area contributed by atoms with Crippen LogP contribution in [0.4, 0.5) is 4.39 Å². The van der Waals surface area contributed by atoms with Crippen molar-refractivity contribution in [2.24, 2.45) is 29.1 Å². The van der Waals surface area contributed by atoms with Crippen LogP contribution in [0, 0.1) is 29.1 Å². The maximum absolute atomic E-state index is 14.3. The van der Waals surface area contributed by atoms with E-state index in [0.717, 1.165) is 30.6 Å². The molecule has 0 amide bonds. The van der Waals surface area contributed by atoms with E-state index in [9.17, 15) is 4.39 Å². The Kier molecular flexibility index (Phi) is 2.83. The summed E-state index contributed by atoms with van der Waals surface area (Å²) < 4.78 is 14.3. The molecule has 0 spiro atoms. The van der Waals surface area contributed by atoms with Crippen molar-refractivity contribution in [2.45, 2.75) is 70.9 Å². The summed E-state index contributed by atoms with van der Waals surface area (Å²) in [5.74, 6) is 3.34. The van der Waals surface area contributed by atoms with Crippen molar-refractivity contribution in [2.75, 3.05) is 0 Å². The summed E-state index contributed by atoms with van der Waals surface area (Å²) in [7, 11) is 0. The highest BCUT2D eigenvalue weighted by molar-refractivity contribution is 5.18. The van der Waals surface area contributed by atoms with Gasteiger partial charge in [-0.2, -0.15) is 0 Å². The molecule has 6 atom stereocenters. The first-order chi connectivity index (χ1) is 9.20. The highest BCUT2D eigenvalue weighted by Gasteiger charge is 2.56. The minimum absolute atomic E-state index is 0.0387. The van der Waals surface area contributed by atoms with E-state index >= 15 is 0 Å². The molecule has 19 heavy (non-hydrogen) atoms. The van der Waals surface area contributed by atoms with Crippen molar-refractivity contribution in [1.29, 1.82) is 0 Å². The number of hydrogen-bond acceptors (Lipinski definition) is 0. The highest BCUT2D eigenvalue weighted by Crippen LogP contribution is 2.62. The van der Waals surface area contributed by atoms with Gasteiger partial charge in [0.05, 0.1) is 0 Å². The maximum atomic E-state index is 14.3. The molecular weight excluding hydrogens is 235 g/mol. The summed E-state index contributed by atoms with van der Waals surface area (Å²) in [4.78, 5) is 0. The first-order valence-electron chi connectivity index (χ1n) is 8.53. The van der Waals surface area contributed by atoms with Gasteiger partial charge in [0.1, 0.15) is 6.17 Å². The molecule has 0 N–H and O–H groups in total. The molecular formula is C18H27F. The second-order valence-electron chi connectivity index (χ2n) is 7.88. The Morgan fingerprint density at radius 2 is 2.00 bits per heavy atom. The van der Waals surface area contributed by atoms with Crippen LogP contribution in [0.15, 0.2) is 11.6 Å². The third-order valence-corrected chi connectivity index (χ3v) is 7.26. The predicted octanol–water partition coefficient (Wildman–Crippen LogP) is 5.29. The van der Waals surface area contributed by atoms with Crippen molar-refractivity contribution in [1.82, 2.24) is 0 Å². The zero-order valence-corrected chi connectivity index (χ0v) is 12.2. The quantitative estimate of drug-likeness (QED) is 0.520. The van der Waals surface area contributed by atoms with Gasteiger partial charge in [-0.25, -0.2) is 4.39 Å². The average Bonchev–Trinajstić information content (AvgIpc) is 2.75. The SMILES string of the molecule is C[C@]12CC[C@@H]3C4CCCC=C4CC[C@H]3[C@@H]1CC[C@H]2F. The lowest BCUT2D eigenvalue weighted by Gasteiger charge is -2.53. The number of hydrogen-bond donors (Lipinski definition) is 0. The highest BCUT2D eigenvalue weighted by atomic mass is 19.1. The van der Waals surface area contributed by atoms with Gasteiger partial charge in [-0.3, -0.25) is 0 Å². The van der Waals surface area contributed by atoms with E-state index in [1.165, 1.54) is 44.9 Å². The van der Waals surface area contributed by atoms with E-state index in [-0.39, 0.29) is 5.41 Å². The third kappa shape index (κ3) is 1.69. The lowest BCUT2D eigenvalue weighted by molar-refractivity contribution is -0.0293. The lowest BCUT2D eigenvalue weighted by atomic mass is 9.52. The monoisotopic (exact) mass is 262 g/mol. The molecule has 0 aromatic carbocycles. The molecule has 0 radical (unpaired) electrons. The topological polar surface area (TPSA) is 0 Å². The van der Waals surface area contributed by atoms with Crippen molar-refractivity contribution in [3.63, 3.8) is 0 Å². The Morgan fingerprint density at radius 3 is 2.89 bits per heavy atom. The molecule has 0 bridgehead atoms. The summed E-state index contributed by atoms with van der Waals surface area (Å²) in [5, 5.41) is 0. The molecule has 0 aliphatic heterocycles. The molecule has 0 saturated heterocycles. The van der Waals surface area contributed by atoms with Crippen LogP contribution in [0.25, 0.3) is 0 Å². The van der Waals surface area contributed by atoms with Gasteiger partial charge < -0.3 is 0 Å². The minimum Gasteiger partial charge on any atom is -0.247 e. The normalized spacial score (nSPS) is 52.9. The van der Waals surface area contributed by atoms with Crippen LogP contribution in [0.3, 0.4) is 0 Å². The van der Waals surface area contributed by atoms with Gasteiger partial charge in [-0.15, -0.1) is 0 Å². The van der Waals surface area contributed by atoms with E-state index in [1.54, 1.807) is 5.57 Å². The van der Waals surface area contributed by atoms with E-state index in [0.29, 0.717) is 5.92 Å². The van der Waals surface area contributed by atoms with Crippen molar-refractivity contribution < 1.29 is 4.39 Å². The summed E-state index contributed by atoms with van der Waals surface area (Å²) in [6.07, 6.45) is 13.3. The predicted molar refractivity (Wildman–Crippen MR) is 76.6 cm³/mol. The Morgan fingerprint density at radius 1 is 1.11 bits per heavy atom. The molecule has 4 aliphatic carbocycles. The second kappa shape index (κ2) is 4.33. The van der Waals surface area contributed by atoms with E-state index in [4.69, 9.17) is 0 Å². The van der Waals surface area contributed by atoms with Crippen molar-refractivity contribution in [3.8, 4) is 0 Å². The number of allylic oxidation sites excluding steroid dienone is 2. The van der Waals surface area contributed by atoms with Crippen LogP contribution in [0.1, 0.15) is 64.7 Å². The standard InChI is InChI=1S/C18H27F/c1-18-11-10-14-13-5-3-2-4-12(13)6-7-15(14)16(18)8-9-17(18)19/h4,13-17H,2-3,5-11H2,1H3/t13?,14-,15-,16+,17-,18+/m1/s1. The van der Waals surface area contributed by atoms with Gasteiger partial charge in [0, 0.05) is 5.41 Å². The second-order valence-corrected chi connectivity index (χ2v) is 7.88. The van der Waals surface area contributed by atoms with Gasteiger partial charge in [-0.05, 0) is 81.5 Å². The summed E-state index contributed by atoms with van der Waals surface area (Å²) >= 11 is 0. The molecule has 4 rings (SSSR count). The van der Waals surface area contributed by atoms with Gasteiger partial charge in [-0.1, -0.05) is 18.6 Å². The van der Waals surface area contributed by atoms with Crippen LogP contribution in [-0.2, 0) is 0 Å². The fourth-order valence-electron chi connectivity index (χ4n) is 6.24. The van der Waals surface area contributed by atoms with Crippen LogP contribution in [0.2, 0.25) is 0 Å². The first kappa shape index (κ1) is 12.4. The molecule has 3 fully saturated rings. The Hall–Kier alpha value is -0.330. The molecule has 3 saturated carbocycles. The third-order valence-electron chi connectivity index (χ3n) is 7.26. The largest absolute Gasteiger partial charge is 0.247 e. The van der Waals surface area contributed by atoms with E-state index < -0.39 is 6.17 Å². The Balaban J connectivity index is 1.63. The van der Waals surface area contributed by atoms with E-state index in [2.05, 4.69) is 13.0 Å².